The smallest absolute Gasteiger partial charge is 0.118 e. The number of benzene rings is 1. The maximum Gasteiger partial charge on any atom is 0.118 e. The molecular formula is C18H20N4O. The Hall–Kier alpha value is -2.66. The molecular weight excluding hydrogens is 288 g/mol. The molecule has 5 nitrogen and oxygen atoms in total. The second-order valence-corrected chi connectivity index (χ2v) is 5.53. The largest absolute Gasteiger partial charge is 0.497 e. The average molecular weight is 308 g/mol. The van der Waals surface area contributed by atoms with E-state index in [4.69, 9.17) is 4.74 Å². The van der Waals surface area contributed by atoms with Crippen LogP contribution in [0.15, 0.2) is 55.0 Å². The fraction of sp³-hybridized carbons (Fsp3) is 0.222. The number of H-pyrrole nitrogens is 1. The molecule has 3 aromatic rings. The lowest BCUT2D eigenvalue weighted by Gasteiger charge is -2.16. The molecule has 0 saturated heterocycles. The van der Waals surface area contributed by atoms with Crippen LogP contribution in [0.1, 0.15) is 11.1 Å². The van der Waals surface area contributed by atoms with E-state index in [0.717, 1.165) is 30.1 Å². The topological polar surface area (TPSA) is 54.0 Å². The zero-order valence-electron chi connectivity index (χ0n) is 13.4. The van der Waals surface area contributed by atoms with E-state index >= 15 is 0 Å². The standard InChI is InChI=1S/C18H20N4O/c1-22(12-14-7-9-19-10-8-14)13-16-11-20-21-18(16)15-3-5-17(23-2)6-4-15/h3-11H,12-13H2,1-2H3,(H,20,21). The number of nitrogens with zero attached hydrogens (tertiary/aromatic N) is 3. The van der Waals surface area contributed by atoms with Crippen molar-refractivity contribution >= 4 is 0 Å². The molecule has 0 aliphatic rings. The summed E-state index contributed by atoms with van der Waals surface area (Å²) in [5, 5.41) is 7.31. The van der Waals surface area contributed by atoms with E-state index in [0.29, 0.717) is 0 Å². The monoisotopic (exact) mass is 308 g/mol. The highest BCUT2D eigenvalue weighted by Gasteiger charge is 2.10. The van der Waals surface area contributed by atoms with Gasteiger partial charge in [-0.05, 0) is 49.0 Å². The molecule has 0 radical (unpaired) electrons. The first-order chi connectivity index (χ1) is 11.3. The van der Waals surface area contributed by atoms with Crippen LogP contribution in [0.25, 0.3) is 11.3 Å². The first-order valence-corrected chi connectivity index (χ1v) is 7.50. The van der Waals surface area contributed by atoms with Crippen molar-refractivity contribution in [1.82, 2.24) is 20.1 Å². The van der Waals surface area contributed by atoms with Crippen LogP contribution in [-0.4, -0.2) is 34.2 Å². The highest BCUT2D eigenvalue weighted by atomic mass is 16.5. The molecule has 0 fully saturated rings. The fourth-order valence-corrected chi connectivity index (χ4v) is 2.59. The summed E-state index contributed by atoms with van der Waals surface area (Å²) < 4.78 is 5.21. The maximum atomic E-state index is 5.21. The van der Waals surface area contributed by atoms with Gasteiger partial charge in [-0.2, -0.15) is 5.10 Å². The van der Waals surface area contributed by atoms with E-state index in [2.05, 4.69) is 27.1 Å². The number of aromatic amines is 1. The van der Waals surface area contributed by atoms with Crippen LogP contribution in [0.3, 0.4) is 0 Å². The summed E-state index contributed by atoms with van der Waals surface area (Å²) in [4.78, 5) is 6.31. The second-order valence-electron chi connectivity index (χ2n) is 5.53. The number of pyridine rings is 1. The maximum absolute atomic E-state index is 5.21. The molecule has 0 spiro atoms. The van der Waals surface area contributed by atoms with Crippen molar-refractivity contribution in [3.63, 3.8) is 0 Å². The molecule has 23 heavy (non-hydrogen) atoms. The Morgan fingerprint density at radius 3 is 2.48 bits per heavy atom. The summed E-state index contributed by atoms with van der Waals surface area (Å²) in [6.45, 7) is 1.69. The third-order valence-electron chi connectivity index (χ3n) is 3.74. The minimum absolute atomic E-state index is 0.820. The minimum atomic E-state index is 0.820. The van der Waals surface area contributed by atoms with Gasteiger partial charge in [0.25, 0.3) is 0 Å². The quantitative estimate of drug-likeness (QED) is 0.760. The predicted octanol–water partition coefficient (Wildman–Crippen LogP) is 3.11. The number of aromatic nitrogens is 3. The Labute approximate surface area is 135 Å². The highest BCUT2D eigenvalue weighted by molar-refractivity contribution is 5.63. The Morgan fingerprint density at radius 2 is 1.78 bits per heavy atom. The number of hydrogen-bond acceptors (Lipinski definition) is 4. The minimum Gasteiger partial charge on any atom is -0.497 e. The van der Waals surface area contributed by atoms with Gasteiger partial charge in [0.2, 0.25) is 0 Å². The van der Waals surface area contributed by atoms with Crippen molar-refractivity contribution in [2.24, 2.45) is 0 Å². The number of rotatable bonds is 6. The molecule has 0 atom stereocenters. The molecule has 0 aliphatic heterocycles. The van der Waals surface area contributed by atoms with Gasteiger partial charge >= 0.3 is 0 Å². The van der Waals surface area contributed by atoms with Gasteiger partial charge < -0.3 is 4.74 Å². The van der Waals surface area contributed by atoms with Crippen LogP contribution < -0.4 is 4.74 Å². The molecule has 0 unspecified atom stereocenters. The number of ether oxygens (including phenoxy) is 1. The normalized spacial score (nSPS) is 10.9. The van der Waals surface area contributed by atoms with Crippen molar-refractivity contribution in [3.05, 3.63) is 66.1 Å². The molecule has 0 saturated carbocycles. The lowest BCUT2D eigenvalue weighted by Crippen LogP contribution is -2.17. The Balaban J connectivity index is 1.72. The van der Waals surface area contributed by atoms with Crippen LogP contribution in [-0.2, 0) is 13.1 Å². The van der Waals surface area contributed by atoms with Gasteiger partial charge in [-0.25, -0.2) is 0 Å². The zero-order valence-corrected chi connectivity index (χ0v) is 13.4. The third kappa shape index (κ3) is 3.76. The molecule has 0 aliphatic carbocycles. The Morgan fingerprint density at radius 1 is 1.04 bits per heavy atom. The molecule has 5 heteroatoms. The van der Waals surface area contributed by atoms with Crippen molar-refractivity contribution in [2.75, 3.05) is 14.2 Å². The summed E-state index contributed by atoms with van der Waals surface area (Å²) in [5.41, 5.74) is 4.58. The van der Waals surface area contributed by atoms with E-state index in [-0.39, 0.29) is 0 Å². The van der Waals surface area contributed by atoms with Crippen molar-refractivity contribution in [1.29, 1.82) is 0 Å². The van der Waals surface area contributed by atoms with E-state index in [1.54, 1.807) is 7.11 Å². The molecule has 2 aromatic heterocycles. The van der Waals surface area contributed by atoms with E-state index < -0.39 is 0 Å². The van der Waals surface area contributed by atoms with Gasteiger partial charge in [-0.3, -0.25) is 15.0 Å². The lowest BCUT2D eigenvalue weighted by atomic mass is 10.1. The van der Waals surface area contributed by atoms with Crippen molar-refractivity contribution in [3.8, 4) is 17.0 Å². The van der Waals surface area contributed by atoms with Gasteiger partial charge in [0.05, 0.1) is 19.0 Å². The number of methoxy groups -OCH3 is 1. The first-order valence-electron chi connectivity index (χ1n) is 7.50. The van der Waals surface area contributed by atoms with Crippen molar-refractivity contribution < 1.29 is 4.74 Å². The van der Waals surface area contributed by atoms with Gasteiger partial charge in [0.1, 0.15) is 5.75 Å². The second kappa shape index (κ2) is 7.07. The average Bonchev–Trinajstić information content (AvgIpc) is 3.03. The summed E-state index contributed by atoms with van der Waals surface area (Å²) in [6.07, 6.45) is 5.54. The summed E-state index contributed by atoms with van der Waals surface area (Å²) >= 11 is 0. The fourth-order valence-electron chi connectivity index (χ4n) is 2.59. The Bertz CT molecular complexity index is 737. The SMILES string of the molecule is COc1ccc(-c2[nH]ncc2CN(C)Cc2ccncc2)cc1. The first kappa shape index (κ1) is 15.2. The molecule has 2 heterocycles. The van der Waals surface area contributed by atoms with Gasteiger partial charge in [-0.15, -0.1) is 0 Å². The molecule has 118 valence electrons. The summed E-state index contributed by atoms with van der Waals surface area (Å²) in [6, 6.07) is 12.1. The zero-order chi connectivity index (χ0) is 16.1. The van der Waals surface area contributed by atoms with E-state index in [9.17, 15) is 0 Å². The van der Waals surface area contributed by atoms with Crippen LogP contribution in [0.2, 0.25) is 0 Å². The Kier molecular flexibility index (Phi) is 4.68. The van der Waals surface area contributed by atoms with Gasteiger partial charge in [0.15, 0.2) is 0 Å². The molecule has 0 amide bonds. The lowest BCUT2D eigenvalue weighted by molar-refractivity contribution is 0.319. The van der Waals surface area contributed by atoms with Crippen molar-refractivity contribution in [2.45, 2.75) is 13.1 Å². The highest BCUT2D eigenvalue weighted by Crippen LogP contribution is 2.24. The van der Waals surface area contributed by atoms with E-state index in [1.807, 2.05) is 55.0 Å². The van der Waals surface area contributed by atoms with Gasteiger partial charge in [0, 0.05) is 36.6 Å². The molecule has 3 rings (SSSR count). The summed E-state index contributed by atoms with van der Waals surface area (Å²) in [7, 11) is 3.77. The van der Waals surface area contributed by atoms with Crippen LogP contribution in [0, 0.1) is 0 Å². The van der Waals surface area contributed by atoms with Crippen LogP contribution >= 0.6 is 0 Å². The molecule has 1 aromatic carbocycles. The van der Waals surface area contributed by atoms with Gasteiger partial charge in [-0.1, -0.05) is 0 Å². The number of hydrogen-bond donors (Lipinski definition) is 1. The molecule has 0 bridgehead atoms. The molecule has 1 N–H and O–H groups in total. The third-order valence-corrected chi connectivity index (χ3v) is 3.74. The predicted molar refractivity (Wildman–Crippen MR) is 90.0 cm³/mol. The van der Waals surface area contributed by atoms with Crippen LogP contribution in [0.4, 0.5) is 0 Å². The van der Waals surface area contributed by atoms with Crippen LogP contribution in [0.5, 0.6) is 5.75 Å². The summed E-state index contributed by atoms with van der Waals surface area (Å²) in [5.74, 6) is 0.852. The number of nitrogens with one attached hydrogen (secondary N) is 1. The van der Waals surface area contributed by atoms with E-state index in [1.165, 1.54) is 11.1 Å².